The molecule has 21 heavy (non-hydrogen) atoms. The minimum Gasteiger partial charge on any atom is -0.489 e. The van der Waals surface area contributed by atoms with Crippen molar-refractivity contribution in [2.75, 3.05) is 0 Å². The van der Waals surface area contributed by atoms with Crippen molar-refractivity contribution in [2.24, 2.45) is 5.73 Å². The van der Waals surface area contributed by atoms with Crippen LogP contribution in [0.25, 0.3) is 0 Å². The average Bonchev–Trinajstić information content (AvgIpc) is 2.50. The van der Waals surface area contributed by atoms with Gasteiger partial charge in [-0.2, -0.15) is 0 Å². The van der Waals surface area contributed by atoms with Crippen LogP contribution in [0.15, 0.2) is 46.9 Å². The monoisotopic (exact) mass is 351 g/mol. The lowest BCUT2D eigenvalue weighted by atomic mass is 10.0. The average molecular weight is 352 g/mol. The fraction of sp³-hybridized carbons (Fsp3) is 0.294. The lowest BCUT2D eigenvalue weighted by Gasteiger charge is -2.15. The first-order valence-corrected chi connectivity index (χ1v) is 7.80. The standard InChI is InChI=1S/C17H19BrFNO/c1-2-14(20)10-12-6-3-4-9-16(12)21-11-13-7-5-8-15(19)17(13)18/h3-9,14H,2,10-11,20H2,1H3. The van der Waals surface area contributed by atoms with E-state index in [1.807, 2.05) is 30.3 Å². The molecule has 2 nitrogen and oxygen atoms in total. The van der Waals surface area contributed by atoms with E-state index in [-0.39, 0.29) is 11.9 Å². The zero-order chi connectivity index (χ0) is 15.2. The molecule has 0 aliphatic carbocycles. The molecule has 1 atom stereocenters. The normalized spacial score (nSPS) is 12.2. The maximum absolute atomic E-state index is 13.5. The van der Waals surface area contributed by atoms with Gasteiger partial charge in [0.15, 0.2) is 0 Å². The van der Waals surface area contributed by atoms with E-state index in [4.69, 9.17) is 10.5 Å². The molecule has 0 amide bonds. The molecule has 0 spiro atoms. The van der Waals surface area contributed by atoms with Crippen LogP contribution in [-0.2, 0) is 13.0 Å². The molecule has 0 fully saturated rings. The Balaban J connectivity index is 2.11. The van der Waals surface area contributed by atoms with Crippen LogP contribution < -0.4 is 10.5 Å². The van der Waals surface area contributed by atoms with Crippen molar-refractivity contribution in [2.45, 2.75) is 32.4 Å². The molecule has 2 aromatic carbocycles. The third-order valence-corrected chi connectivity index (χ3v) is 4.28. The molecule has 0 bridgehead atoms. The van der Waals surface area contributed by atoms with Gasteiger partial charge < -0.3 is 10.5 Å². The summed E-state index contributed by atoms with van der Waals surface area (Å²) in [7, 11) is 0. The van der Waals surface area contributed by atoms with E-state index < -0.39 is 0 Å². The predicted molar refractivity (Wildman–Crippen MR) is 86.8 cm³/mol. The fourth-order valence-corrected chi connectivity index (χ4v) is 2.43. The van der Waals surface area contributed by atoms with Gasteiger partial charge in [0.2, 0.25) is 0 Å². The van der Waals surface area contributed by atoms with Gasteiger partial charge in [0.05, 0.1) is 4.47 Å². The highest BCUT2D eigenvalue weighted by atomic mass is 79.9. The van der Waals surface area contributed by atoms with Crippen LogP contribution in [0.3, 0.4) is 0 Å². The number of rotatable bonds is 6. The van der Waals surface area contributed by atoms with Crippen molar-refractivity contribution >= 4 is 15.9 Å². The van der Waals surface area contributed by atoms with Crippen molar-refractivity contribution in [3.05, 3.63) is 63.9 Å². The summed E-state index contributed by atoms with van der Waals surface area (Å²) < 4.78 is 19.8. The quantitative estimate of drug-likeness (QED) is 0.834. The van der Waals surface area contributed by atoms with Crippen molar-refractivity contribution < 1.29 is 9.13 Å². The Bertz CT molecular complexity index is 603. The van der Waals surface area contributed by atoms with Crippen LogP contribution in [0.2, 0.25) is 0 Å². The van der Waals surface area contributed by atoms with E-state index in [1.165, 1.54) is 6.07 Å². The minimum absolute atomic E-state index is 0.121. The van der Waals surface area contributed by atoms with Gasteiger partial charge in [0, 0.05) is 11.6 Å². The summed E-state index contributed by atoms with van der Waals surface area (Å²) in [6.45, 7) is 2.38. The Morgan fingerprint density at radius 2 is 1.86 bits per heavy atom. The first-order chi connectivity index (χ1) is 10.1. The predicted octanol–water partition coefficient (Wildman–Crippen LogP) is 4.45. The smallest absolute Gasteiger partial charge is 0.137 e. The first-order valence-electron chi connectivity index (χ1n) is 7.01. The summed E-state index contributed by atoms with van der Waals surface area (Å²) >= 11 is 3.25. The van der Waals surface area contributed by atoms with Gasteiger partial charge >= 0.3 is 0 Å². The largest absolute Gasteiger partial charge is 0.489 e. The molecule has 4 heteroatoms. The van der Waals surface area contributed by atoms with Gasteiger partial charge in [-0.05, 0) is 46.5 Å². The van der Waals surface area contributed by atoms with Crippen LogP contribution in [0.5, 0.6) is 5.75 Å². The molecule has 112 valence electrons. The zero-order valence-electron chi connectivity index (χ0n) is 12.0. The van der Waals surface area contributed by atoms with E-state index in [2.05, 4.69) is 22.9 Å². The zero-order valence-corrected chi connectivity index (χ0v) is 13.6. The molecule has 2 N–H and O–H groups in total. The number of hydrogen-bond donors (Lipinski definition) is 1. The van der Waals surface area contributed by atoms with Gasteiger partial charge in [-0.1, -0.05) is 37.3 Å². The van der Waals surface area contributed by atoms with Crippen LogP contribution in [-0.4, -0.2) is 6.04 Å². The molecule has 2 aromatic rings. The second-order valence-corrected chi connectivity index (χ2v) is 5.77. The maximum atomic E-state index is 13.5. The van der Waals surface area contributed by atoms with Gasteiger partial charge in [0.25, 0.3) is 0 Å². The third kappa shape index (κ3) is 4.29. The number of halogens is 2. The Kier molecular flexibility index (Phi) is 5.76. The lowest BCUT2D eigenvalue weighted by molar-refractivity contribution is 0.300. The Morgan fingerprint density at radius 3 is 2.62 bits per heavy atom. The van der Waals surface area contributed by atoms with Crippen molar-refractivity contribution in [3.63, 3.8) is 0 Å². The number of benzene rings is 2. The molecule has 0 saturated carbocycles. The first kappa shape index (κ1) is 16.0. The molecular formula is C17H19BrFNO. The highest BCUT2D eigenvalue weighted by Gasteiger charge is 2.09. The van der Waals surface area contributed by atoms with Crippen LogP contribution in [0.4, 0.5) is 4.39 Å². The Hall–Kier alpha value is -1.39. The Labute approximate surface area is 133 Å². The van der Waals surface area contributed by atoms with Gasteiger partial charge in [0.1, 0.15) is 18.2 Å². The van der Waals surface area contributed by atoms with E-state index in [0.29, 0.717) is 11.1 Å². The van der Waals surface area contributed by atoms with Crippen molar-refractivity contribution in [1.29, 1.82) is 0 Å². The molecular weight excluding hydrogens is 333 g/mol. The molecule has 0 aliphatic heterocycles. The molecule has 0 aliphatic rings. The van der Waals surface area contributed by atoms with Crippen LogP contribution >= 0.6 is 15.9 Å². The number of ether oxygens (including phenoxy) is 1. The summed E-state index contributed by atoms with van der Waals surface area (Å²) in [4.78, 5) is 0. The lowest BCUT2D eigenvalue weighted by Crippen LogP contribution is -2.21. The van der Waals surface area contributed by atoms with Crippen LogP contribution in [0.1, 0.15) is 24.5 Å². The highest BCUT2D eigenvalue weighted by molar-refractivity contribution is 9.10. The molecule has 0 heterocycles. The SMILES string of the molecule is CCC(N)Cc1ccccc1OCc1cccc(F)c1Br. The molecule has 2 rings (SSSR count). The van der Waals surface area contributed by atoms with E-state index in [1.54, 1.807) is 6.07 Å². The number of para-hydroxylation sites is 1. The van der Waals surface area contributed by atoms with Crippen molar-refractivity contribution in [1.82, 2.24) is 0 Å². The number of nitrogens with two attached hydrogens (primary N) is 1. The Morgan fingerprint density at radius 1 is 1.14 bits per heavy atom. The summed E-state index contributed by atoms with van der Waals surface area (Å²) in [5.74, 6) is 0.523. The van der Waals surface area contributed by atoms with E-state index in [9.17, 15) is 4.39 Å². The second kappa shape index (κ2) is 7.57. The van der Waals surface area contributed by atoms with Gasteiger partial charge in [-0.15, -0.1) is 0 Å². The highest BCUT2D eigenvalue weighted by Crippen LogP contribution is 2.24. The number of hydrogen-bond acceptors (Lipinski definition) is 2. The molecule has 1 unspecified atom stereocenters. The third-order valence-electron chi connectivity index (χ3n) is 3.39. The minimum atomic E-state index is -0.280. The summed E-state index contributed by atoms with van der Waals surface area (Å²) in [6, 6.07) is 12.9. The summed E-state index contributed by atoms with van der Waals surface area (Å²) in [6.07, 6.45) is 1.70. The summed E-state index contributed by atoms with van der Waals surface area (Å²) in [5.41, 5.74) is 7.88. The van der Waals surface area contributed by atoms with E-state index >= 15 is 0 Å². The van der Waals surface area contributed by atoms with Gasteiger partial charge in [-0.25, -0.2) is 4.39 Å². The molecule has 0 aromatic heterocycles. The molecule has 0 saturated heterocycles. The topological polar surface area (TPSA) is 35.2 Å². The maximum Gasteiger partial charge on any atom is 0.137 e. The van der Waals surface area contributed by atoms with Crippen molar-refractivity contribution in [3.8, 4) is 5.75 Å². The molecule has 0 radical (unpaired) electrons. The second-order valence-electron chi connectivity index (χ2n) is 4.98. The van der Waals surface area contributed by atoms with Crippen LogP contribution in [0, 0.1) is 5.82 Å². The van der Waals surface area contributed by atoms with E-state index in [0.717, 1.165) is 29.7 Å². The summed E-state index contributed by atoms with van der Waals surface area (Å²) in [5, 5.41) is 0. The van der Waals surface area contributed by atoms with Gasteiger partial charge in [-0.3, -0.25) is 0 Å². The fourth-order valence-electron chi connectivity index (χ4n) is 2.06.